The van der Waals surface area contributed by atoms with E-state index in [-0.39, 0.29) is 0 Å². The van der Waals surface area contributed by atoms with Crippen LogP contribution in [0.2, 0.25) is 0 Å². The molecular formula is C13H26N2. The fourth-order valence-electron chi connectivity index (χ4n) is 2.54. The van der Waals surface area contributed by atoms with Crippen LogP contribution in [0.15, 0.2) is 11.6 Å². The number of nitrogens with two attached hydrogens (primary N) is 1. The summed E-state index contributed by atoms with van der Waals surface area (Å²) in [5, 5.41) is 3.55. The standard InChI is InChI=1S/C13H26N2/c1-11-7-12(2)9-13(8-11)10-15-6-4-3-5-14/h7,11,13,15H,3-6,8-10,14H2,1-2H3. The zero-order valence-corrected chi connectivity index (χ0v) is 10.3. The Morgan fingerprint density at radius 1 is 1.47 bits per heavy atom. The smallest absolute Gasteiger partial charge is 0.00172 e. The van der Waals surface area contributed by atoms with Gasteiger partial charge in [-0.3, -0.25) is 0 Å². The highest BCUT2D eigenvalue weighted by atomic mass is 14.9. The molecule has 0 spiro atoms. The summed E-state index contributed by atoms with van der Waals surface area (Å²) in [7, 11) is 0. The fraction of sp³-hybridized carbons (Fsp3) is 0.846. The predicted molar refractivity (Wildman–Crippen MR) is 66.8 cm³/mol. The topological polar surface area (TPSA) is 38.0 Å². The molecule has 0 aromatic carbocycles. The van der Waals surface area contributed by atoms with Gasteiger partial charge in [0, 0.05) is 0 Å². The molecule has 2 atom stereocenters. The molecule has 0 fully saturated rings. The Hall–Kier alpha value is -0.340. The Morgan fingerprint density at radius 2 is 2.27 bits per heavy atom. The third kappa shape index (κ3) is 5.33. The summed E-state index contributed by atoms with van der Waals surface area (Å²) >= 11 is 0. The maximum atomic E-state index is 5.45. The first-order valence-electron chi connectivity index (χ1n) is 6.30. The first-order valence-corrected chi connectivity index (χ1v) is 6.30. The van der Waals surface area contributed by atoms with E-state index in [1.165, 1.54) is 25.8 Å². The normalized spacial score (nSPS) is 26.5. The second-order valence-electron chi connectivity index (χ2n) is 5.00. The second-order valence-corrected chi connectivity index (χ2v) is 5.00. The highest BCUT2D eigenvalue weighted by molar-refractivity contribution is 5.06. The summed E-state index contributed by atoms with van der Waals surface area (Å²) in [5.41, 5.74) is 7.03. The van der Waals surface area contributed by atoms with Gasteiger partial charge in [-0.25, -0.2) is 0 Å². The van der Waals surface area contributed by atoms with Crippen LogP contribution in [0.4, 0.5) is 0 Å². The summed E-state index contributed by atoms with van der Waals surface area (Å²) in [6, 6.07) is 0. The Morgan fingerprint density at radius 3 is 2.93 bits per heavy atom. The molecule has 2 unspecified atom stereocenters. The second kappa shape index (κ2) is 7.02. The number of hydrogen-bond acceptors (Lipinski definition) is 2. The molecule has 1 aliphatic carbocycles. The van der Waals surface area contributed by atoms with E-state index >= 15 is 0 Å². The predicted octanol–water partition coefficient (Wildman–Crippen LogP) is 2.31. The number of rotatable bonds is 6. The molecule has 2 heteroatoms. The lowest BCUT2D eigenvalue weighted by atomic mass is 9.84. The van der Waals surface area contributed by atoms with Gasteiger partial charge in [-0.1, -0.05) is 18.6 Å². The van der Waals surface area contributed by atoms with E-state index in [0.717, 1.165) is 31.3 Å². The van der Waals surface area contributed by atoms with Crippen molar-refractivity contribution in [2.75, 3.05) is 19.6 Å². The monoisotopic (exact) mass is 210 g/mol. The molecular weight excluding hydrogens is 184 g/mol. The third-order valence-corrected chi connectivity index (χ3v) is 3.13. The van der Waals surface area contributed by atoms with E-state index in [9.17, 15) is 0 Å². The molecule has 0 saturated carbocycles. The summed E-state index contributed by atoms with van der Waals surface area (Å²) < 4.78 is 0. The number of nitrogens with one attached hydrogen (secondary N) is 1. The van der Waals surface area contributed by atoms with Gasteiger partial charge in [0.25, 0.3) is 0 Å². The van der Waals surface area contributed by atoms with E-state index in [2.05, 4.69) is 25.2 Å². The zero-order valence-electron chi connectivity index (χ0n) is 10.3. The molecule has 0 aromatic rings. The minimum Gasteiger partial charge on any atom is -0.330 e. The Labute approximate surface area is 94.3 Å². The number of unbranched alkanes of at least 4 members (excludes halogenated alkanes) is 1. The first-order chi connectivity index (χ1) is 7.22. The first kappa shape index (κ1) is 12.7. The molecule has 0 amide bonds. The van der Waals surface area contributed by atoms with Crippen molar-refractivity contribution in [3.05, 3.63) is 11.6 Å². The van der Waals surface area contributed by atoms with Gasteiger partial charge in [0.15, 0.2) is 0 Å². The van der Waals surface area contributed by atoms with Crippen molar-refractivity contribution < 1.29 is 0 Å². The highest BCUT2D eigenvalue weighted by Crippen LogP contribution is 2.27. The van der Waals surface area contributed by atoms with E-state index in [4.69, 9.17) is 5.73 Å². The van der Waals surface area contributed by atoms with Crippen molar-refractivity contribution in [2.45, 2.75) is 39.5 Å². The molecule has 0 radical (unpaired) electrons. The van der Waals surface area contributed by atoms with Gasteiger partial charge in [0.05, 0.1) is 0 Å². The Kier molecular flexibility index (Phi) is 5.96. The van der Waals surface area contributed by atoms with Gasteiger partial charge in [-0.2, -0.15) is 0 Å². The zero-order chi connectivity index (χ0) is 11.1. The van der Waals surface area contributed by atoms with Gasteiger partial charge < -0.3 is 11.1 Å². The highest BCUT2D eigenvalue weighted by Gasteiger charge is 2.17. The van der Waals surface area contributed by atoms with Crippen molar-refractivity contribution in [3.63, 3.8) is 0 Å². The summed E-state index contributed by atoms with van der Waals surface area (Å²) in [6.07, 6.45) is 7.42. The van der Waals surface area contributed by atoms with Crippen LogP contribution < -0.4 is 11.1 Å². The molecule has 15 heavy (non-hydrogen) atoms. The van der Waals surface area contributed by atoms with Crippen LogP contribution in [0.3, 0.4) is 0 Å². The van der Waals surface area contributed by atoms with Crippen molar-refractivity contribution in [1.82, 2.24) is 5.32 Å². The SMILES string of the molecule is CC1=CC(C)CC(CNCCCCN)C1. The van der Waals surface area contributed by atoms with E-state index in [0.29, 0.717) is 0 Å². The maximum absolute atomic E-state index is 5.45. The van der Waals surface area contributed by atoms with Crippen molar-refractivity contribution in [1.29, 1.82) is 0 Å². The molecule has 3 N–H and O–H groups in total. The minimum absolute atomic E-state index is 0.773. The van der Waals surface area contributed by atoms with Crippen molar-refractivity contribution >= 4 is 0 Å². The van der Waals surface area contributed by atoms with Crippen LogP contribution in [0.25, 0.3) is 0 Å². The molecule has 2 nitrogen and oxygen atoms in total. The summed E-state index contributed by atoms with van der Waals surface area (Å²) in [6.45, 7) is 7.72. The average Bonchev–Trinajstić information content (AvgIpc) is 2.16. The minimum atomic E-state index is 0.773. The number of hydrogen-bond donors (Lipinski definition) is 2. The van der Waals surface area contributed by atoms with Gasteiger partial charge in [0.1, 0.15) is 0 Å². The Bertz CT molecular complexity index is 199. The van der Waals surface area contributed by atoms with Gasteiger partial charge in [0.2, 0.25) is 0 Å². The summed E-state index contributed by atoms with van der Waals surface area (Å²) in [4.78, 5) is 0. The lowest BCUT2D eigenvalue weighted by Gasteiger charge is -2.25. The van der Waals surface area contributed by atoms with Crippen LogP contribution in [0, 0.1) is 11.8 Å². The van der Waals surface area contributed by atoms with Crippen LogP contribution in [-0.2, 0) is 0 Å². The quantitative estimate of drug-likeness (QED) is 0.521. The molecule has 0 aromatic heterocycles. The molecule has 1 rings (SSSR count). The lowest BCUT2D eigenvalue weighted by molar-refractivity contribution is 0.380. The van der Waals surface area contributed by atoms with Gasteiger partial charge in [-0.05, 0) is 64.1 Å². The van der Waals surface area contributed by atoms with Gasteiger partial charge >= 0.3 is 0 Å². The third-order valence-electron chi connectivity index (χ3n) is 3.13. The van der Waals surface area contributed by atoms with E-state index in [1.54, 1.807) is 5.57 Å². The molecule has 0 aliphatic heterocycles. The molecule has 0 heterocycles. The molecule has 0 saturated heterocycles. The average molecular weight is 210 g/mol. The van der Waals surface area contributed by atoms with Crippen LogP contribution >= 0.6 is 0 Å². The van der Waals surface area contributed by atoms with Gasteiger partial charge in [-0.15, -0.1) is 0 Å². The van der Waals surface area contributed by atoms with Crippen molar-refractivity contribution in [3.8, 4) is 0 Å². The van der Waals surface area contributed by atoms with E-state index in [1.807, 2.05) is 0 Å². The largest absolute Gasteiger partial charge is 0.330 e. The van der Waals surface area contributed by atoms with Crippen LogP contribution in [0.1, 0.15) is 39.5 Å². The van der Waals surface area contributed by atoms with Crippen molar-refractivity contribution in [2.24, 2.45) is 17.6 Å². The molecule has 1 aliphatic rings. The fourth-order valence-corrected chi connectivity index (χ4v) is 2.54. The summed E-state index contributed by atoms with van der Waals surface area (Å²) in [5.74, 6) is 1.62. The molecule has 0 bridgehead atoms. The lowest BCUT2D eigenvalue weighted by Crippen LogP contribution is -2.27. The molecule has 88 valence electrons. The van der Waals surface area contributed by atoms with E-state index < -0.39 is 0 Å². The van der Waals surface area contributed by atoms with Crippen LogP contribution in [-0.4, -0.2) is 19.6 Å². The number of allylic oxidation sites excluding steroid dienone is 2. The maximum Gasteiger partial charge on any atom is -0.00172 e. The van der Waals surface area contributed by atoms with Crippen LogP contribution in [0.5, 0.6) is 0 Å². The Balaban J connectivity index is 2.09.